The molecule has 0 fully saturated rings. The molecule has 1 atom stereocenters. The molecule has 0 radical (unpaired) electrons. The van der Waals surface area contributed by atoms with Gasteiger partial charge >= 0.3 is 0 Å². The number of allylic oxidation sites excluding steroid dienone is 2. The molecule has 1 aliphatic rings. The van der Waals surface area contributed by atoms with Crippen molar-refractivity contribution in [2.24, 2.45) is 11.0 Å². The Labute approximate surface area is 112 Å². The number of rotatable bonds is 3. The summed E-state index contributed by atoms with van der Waals surface area (Å²) < 4.78 is 0. The highest BCUT2D eigenvalue weighted by Gasteiger charge is 2.09. The van der Waals surface area contributed by atoms with E-state index in [9.17, 15) is 4.79 Å². The van der Waals surface area contributed by atoms with Gasteiger partial charge in [-0.2, -0.15) is 5.10 Å². The summed E-state index contributed by atoms with van der Waals surface area (Å²) in [4.78, 5) is 11.8. The number of carbonyl (C=O) groups is 1. The van der Waals surface area contributed by atoms with Crippen LogP contribution in [-0.4, -0.2) is 12.1 Å². The molecule has 4 heteroatoms. The number of halogens is 1. The first-order valence-corrected chi connectivity index (χ1v) is 6.38. The van der Waals surface area contributed by atoms with Crippen LogP contribution >= 0.6 is 11.6 Å². The zero-order valence-electron chi connectivity index (χ0n) is 9.97. The minimum absolute atomic E-state index is 0.275. The van der Waals surface area contributed by atoms with Crippen molar-refractivity contribution in [2.75, 3.05) is 0 Å². The highest BCUT2D eigenvalue weighted by Crippen LogP contribution is 2.16. The molecular formula is C14H15ClN2O. The third kappa shape index (κ3) is 3.44. The van der Waals surface area contributed by atoms with Crippen LogP contribution in [0.3, 0.4) is 0 Å². The Hall–Kier alpha value is -1.61. The Kier molecular flexibility index (Phi) is 4.53. The highest BCUT2D eigenvalue weighted by molar-refractivity contribution is 6.33. The number of carbonyl (C=O) groups excluding carboxylic acids is 1. The normalized spacial score (nSPS) is 19.1. The van der Waals surface area contributed by atoms with Crippen LogP contribution < -0.4 is 5.43 Å². The van der Waals surface area contributed by atoms with Gasteiger partial charge in [-0.25, -0.2) is 5.43 Å². The highest BCUT2D eigenvalue weighted by atomic mass is 35.5. The zero-order valence-corrected chi connectivity index (χ0v) is 10.7. The van der Waals surface area contributed by atoms with E-state index in [1.165, 1.54) is 0 Å². The largest absolute Gasteiger partial charge is 0.272 e. The molecule has 18 heavy (non-hydrogen) atoms. The molecule has 1 amide bonds. The summed E-state index contributed by atoms with van der Waals surface area (Å²) in [7, 11) is 0. The number of amides is 1. The van der Waals surface area contributed by atoms with Gasteiger partial charge < -0.3 is 0 Å². The third-order valence-electron chi connectivity index (χ3n) is 2.88. The Balaban J connectivity index is 1.90. The Morgan fingerprint density at radius 2 is 2.22 bits per heavy atom. The molecule has 0 heterocycles. The number of hydrogen-bond donors (Lipinski definition) is 1. The summed E-state index contributed by atoms with van der Waals surface area (Å²) in [6.45, 7) is 0. The predicted octanol–water partition coefficient (Wildman–Crippen LogP) is 3.41. The van der Waals surface area contributed by atoms with Crippen molar-refractivity contribution in [2.45, 2.75) is 19.3 Å². The van der Waals surface area contributed by atoms with Gasteiger partial charge in [-0.1, -0.05) is 35.9 Å². The van der Waals surface area contributed by atoms with Crippen LogP contribution in [0.5, 0.6) is 0 Å². The van der Waals surface area contributed by atoms with Gasteiger partial charge in [-0.15, -0.1) is 0 Å². The molecule has 0 spiro atoms. The van der Waals surface area contributed by atoms with Crippen molar-refractivity contribution in [1.82, 2.24) is 5.43 Å². The molecule has 1 N–H and O–H groups in total. The van der Waals surface area contributed by atoms with E-state index >= 15 is 0 Å². The first kappa shape index (κ1) is 12.8. The number of nitrogens with zero attached hydrogens (tertiary/aromatic N) is 1. The molecule has 0 aromatic heterocycles. The Morgan fingerprint density at radius 1 is 1.39 bits per heavy atom. The molecule has 0 saturated carbocycles. The maximum Gasteiger partial charge on any atom is 0.272 e. The fourth-order valence-electron chi connectivity index (χ4n) is 1.86. The van der Waals surface area contributed by atoms with E-state index in [4.69, 9.17) is 11.6 Å². The van der Waals surface area contributed by atoms with E-state index < -0.39 is 0 Å². The van der Waals surface area contributed by atoms with Gasteiger partial charge in [0.25, 0.3) is 5.91 Å². The van der Waals surface area contributed by atoms with Gasteiger partial charge in [0.1, 0.15) is 0 Å². The second-order valence-corrected chi connectivity index (χ2v) is 4.65. The average molecular weight is 263 g/mol. The van der Waals surface area contributed by atoms with E-state index in [1.54, 1.807) is 30.5 Å². The lowest BCUT2D eigenvalue weighted by molar-refractivity contribution is 0.0955. The van der Waals surface area contributed by atoms with Crippen LogP contribution in [0.1, 0.15) is 29.6 Å². The lowest BCUT2D eigenvalue weighted by Crippen LogP contribution is -2.19. The van der Waals surface area contributed by atoms with Gasteiger partial charge in [0, 0.05) is 6.21 Å². The monoisotopic (exact) mass is 262 g/mol. The van der Waals surface area contributed by atoms with Crippen LogP contribution in [0, 0.1) is 5.92 Å². The summed E-state index contributed by atoms with van der Waals surface area (Å²) in [6.07, 6.45) is 9.28. The number of hydrazone groups is 1. The smallest absolute Gasteiger partial charge is 0.267 e. The maximum atomic E-state index is 11.8. The Bertz CT molecular complexity index is 482. The first-order chi connectivity index (χ1) is 8.77. The zero-order chi connectivity index (χ0) is 12.8. The van der Waals surface area contributed by atoms with Gasteiger partial charge in [-0.05, 0) is 37.3 Å². The summed E-state index contributed by atoms with van der Waals surface area (Å²) in [5.74, 6) is 0.143. The SMILES string of the molecule is O=C(N/N=C\[C@@H]1CC=CCC1)c1ccccc1Cl. The van der Waals surface area contributed by atoms with Gasteiger partial charge in [0.05, 0.1) is 10.6 Å². The van der Waals surface area contributed by atoms with Crippen LogP contribution in [0.2, 0.25) is 5.02 Å². The number of hydrogen-bond acceptors (Lipinski definition) is 2. The van der Waals surface area contributed by atoms with E-state index in [0.29, 0.717) is 16.5 Å². The summed E-state index contributed by atoms with van der Waals surface area (Å²) in [5.41, 5.74) is 2.95. The van der Waals surface area contributed by atoms with E-state index in [-0.39, 0.29) is 5.91 Å². The number of nitrogens with one attached hydrogen (secondary N) is 1. The third-order valence-corrected chi connectivity index (χ3v) is 3.21. The second-order valence-electron chi connectivity index (χ2n) is 4.24. The molecule has 94 valence electrons. The minimum Gasteiger partial charge on any atom is -0.267 e. The van der Waals surface area contributed by atoms with Crippen molar-refractivity contribution in [3.8, 4) is 0 Å². The molecule has 1 aromatic rings. The predicted molar refractivity (Wildman–Crippen MR) is 73.9 cm³/mol. The van der Waals surface area contributed by atoms with Crippen molar-refractivity contribution in [3.63, 3.8) is 0 Å². The molecular weight excluding hydrogens is 248 g/mol. The van der Waals surface area contributed by atoms with Crippen LogP contribution in [0.15, 0.2) is 41.5 Å². The lowest BCUT2D eigenvalue weighted by Gasteiger charge is -2.11. The topological polar surface area (TPSA) is 41.5 Å². The summed E-state index contributed by atoms with van der Waals surface area (Å²) >= 11 is 5.92. The van der Waals surface area contributed by atoms with Crippen molar-refractivity contribution in [1.29, 1.82) is 0 Å². The van der Waals surface area contributed by atoms with Gasteiger partial charge in [-0.3, -0.25) is 4.79 Å². The summed E-state index contributed by atoms with van der Waals surface area (Å²) in [5, 5.41) is 4.43. The molecule has 0 saturated heterocycles. The molecule has 1 aliphatic carbocycles. The first-order valence-electron chi connectivity index (χ1n) is 6.00. The molecule has 2 rings (SSSR count). The molecule has 0 bridgehead atoms. The molecule has 0 unspecified atom stereocenters. The standard InChI is InChI=1S/C14H15ClN2O/c15-13-9-5-4-8-12(13)14(18)17-16-10-11-6-2-1-3-7-11/h1-2,4-5,8-11H,3,6-7H2,(H,17,18)/b16-10-/t11-/m1/s1. The fraction of sp³-hybridized carbons (Fsp3) is 0.286. The molecule has 1 aromatic carbocycles. The quantitative estimate of drug-likeness (QED) is 0.506. The maximum absolute atomic E-state index is 11.8. The second kappa shape index (κ2) is 6.36. The van der Waals surface area contributed by atoms with Crippen LogP contribution in [-0.2, 0) is 0 Å². The van der Waals surface area contributed by atoms with Gasteiger partial charge in [0.15, 0.2) is 0 Å². The molecule has 3 nitrogen and oxygen atoms in total. The number of benzene rings is 1. The van der Waals surface area contributed by atoms with E-state index in [1.807, 2.05) is 0 Å². The van der Waals surface area contributed by atoms with E-state index in [0.717, 1.165) is 19.3 Å². The Morgan fingerprint density at radius 3 is 2.94 bits per heavy atom. The van der Waals surface area contributed by atoms with Crippen molar-refractivity contribution in [3.05, 3.63) is 47.0 Å². The molecule has 0 aliphatic heterocycles. The average Bonchev–Trinajstić information content (AvgIpc) is 2.40. The van der Waals surface area contributed by atoms with Crippen LogP contribution in [0.25, 0.3) is 0 Å². The van der Waals surface area contributed by atoms with E-state index in [2.05, 4.69) is 22.7 Å². The minimum atomic E-state index is -0.275. The summed E-state index contributed by atoms with van der Waals surface area (Å²) in [6, 6.07) is 6.93. The van der Waals surface area contributed by atoms with Gasteiger partial charge in [0.2, 0.25) is 0 Å². The van der Waals surface area contributed by atoms with Crippen LogP contribution in [0.4, 0.5) is 0 Å². The van der Waals surface area contributed by atoms with Crippen molar-refractivity contribution < 1.29 is 4.79 Å². The van der Waals surface area contributed by atoms with Crippen molar-refractivity contribution >= 4 is 23.7 Å². The fourth-order valence-corrected chi connectivity index (χ4v) is 2.08. The lowest BCUT2D eigenvalue weighted by atomic mass is 9.96.